The standard InChI is InChI=1S/C21H19N3O3S/c1-13-10-19-22-23-21(24(19)18-11-16(26-2)8-9-17(13)18)28-12-14-4-6-15(7-5-14)20(25)27-3/h4-11H,12H2,1-3H3. The third-order valence-electron chi connectivity index (χ3n) is 4.62. The van der Waals surface area contributed by atoms with Gasteiger partial charge >= 0.3 is 5.97 Å². The van der Waals surface area contributed by atoms with Gasteiger partial charge in [0.25, 0.3) is 0 Å². The van der Waals surface area contributed by atoms with E-state index in [2.05, 4.69) is 27.6 Å². The monoisotopic (exact) mass is 393 g/mol. The van der Waals surface area contributed by atoms with E-state index in [1.807, 2.05) is 30.3 Å². The van der Waals surface area contributed by atoms with Gasteiger partial charge in [0.15, 0.2) is 10.8 Å². The molecule has 0 spiro atoms. The van der Waals surface area contributed by atoms with Gasteiger partial charge in [-0.2, -0.15) is 0 Å². The van der Waals surface area contributed by atoms with Gasteiger partial charge < -0.3 is 9.47 Å². The smallest absolute Gasteiger partial charge is 0.337 e. The maximum Gasteiger partial charge on any atom is 0.337 e. The largest absolute Gasteiger partial charge is 0.497 e. The summed E-state index contributed by atoms with van der Waals surface area (Å²) < 4.78 is 12.2. The Kier molecular flexibility index (Phi) is 4.92. The first kappa shape index (κ1) is 18.3. The number of nitrogens with zero attached hydrogens (tertiary/aromatic N) is 3. The maximum absolute atomic E-state index is 11.6. The Morgan fingerprint density at radius 1 is 1.07 bits per heavy atom. The minimum atomic E-state index is -0.335. The molecule has 6 nitrogen and oxygen atoms in total. The Balaban J connectivity index is 1.67. The second-order valence-corrected chi connectivity index (χ2v) is 7.31. The van der Waals surface area contributed by atoms with Gasteiger partial charge in [-0.1, -0.05) is 23.9 Å². The Morgan fingerprint density at radius 2 is 1.86 bits per heavy atom. The first-order chi connectivity index (χ1) is 13.6. The topological polar surface area (TPSA) is 65.7 Å². The zero-order valence-corrected chi connectivity index (χ0v) is 16.6. The van der Waals surface area contributed by atoms with E-state index in [1.165, 1.54) is 7.11 Å². The third-order valence-corrected chi connectivity index (χ3v) is 5.62. The van der Waals surface area contributed by atoms with Gasteiger partial charge in [0.05, 0.1) is 25.3 Å². The zero-order chi connectivity index (χ0) is 19.7. The van der Waals surface area contributed by atoms with E-state index in [0.29, 0.717) is 11.3 Å². The number of aromatic nitrogens is 3. The van der Waals surface area contributed by atoms with E-state index in [9.17, 15) is 4.79 Å². The quantitative estimate of drug-likeness (QED) is 0.372. The van der Waals surface area contributed by atoms with Crippen molar-refractivity contribution >= 4 is 34.3 Å². The molecule has 0 saturated heterocycles. The van der Waals surface area contributed by atoms with Crippen molar-refractivity contribution in [3.8, 4) is 5.75 Å². The number of pyridine rings is 1. The third kappa shape index (κ3) is 3.29. The van der Waals surface area contributed by atoms with E-state index >= 15 is 0 Å². The van der Waals surface area contributed by atoms with E-state index in [0.717, 1.165) is 38.6 Å². The van der Waals surface area contributed by atoms with E-state index in [4.69, 9.17) is 9.47 Å². The Bertz CT molecular complexity index is 1170. The summed E-state index contributed by atoms with van der Waals surface area (Å²) in [5, 5.41) is 10.7. The van der Waals surface area contributed by atoms with Crippen LogP contribution in [0.1, 0.15) is 21.5 Å². The molecular weight excluding hydrogens is 374 g/mol. The van der Waals surface area contributed by atoms with E-state index < -0.39 is 0 Å². The predicted octanol–water partition coefficient (Wildman–Crippen LogP) is 4.28. The van der Waals surface area contributed by atoms with Gasteiger partial charge in [-0.25, -0.2) is 4.79 Å². The molecule has 7 heteroatoms. The maximum atomic E-state index is 11.6. The molecule has 0 aliphatic rings. The van der Waals surface area contributed by atoms with Crippen LogP contribution in [0.4, 0.5) is 0 Å². The first-order valence-electron chi connectivity index (χ1n) is 8.73. The molecule has 4 aromatic rings. The van der Waals surface area contributed by atoms with Crippen molar-refractivity contribution in [2.24, 2.45) is 0 Å². The lowest BCUT2D eigenvalue weighted by Crippen LogP contribution is -2.00. The minimum absolute atomic E-state index is 0.335. The van der Waals surface area contributed by atoms with Crippen LogP contribution >= 0.6 is 11.8 Å². The first-order valence-corrected chi connectivity index (χ1v) is 9.72. The summed E-state index contributed by atoms with van der Waals surface area (Å²) in [6.45, 7) is 2.07. The molecular formula is C21H19N3O3S. The molecule has 0 fully saturated rings. The van der Waals surface area contributed by atoms with Crippen molar-refractivity contribution in [2.75, 3.05) is 14.2 Å². The number of hydrogen-bond donors (Lipinski definition) is 0. The number of carbonyl (C=O) groups is 1. The molecule has 0 saturated carbocycles. The van der Waals surface area contributed by atoms with Crippen LogP contribution in [0.15, 0.2) is 53.7 Å². The molecule has 142 valence electrons. The molecule has 4 rings (SSSR count). The lowest BCUT2D eigenvalue weighted by Gasteiger charge is -2.09. The lowest BCUT2D eigenvalue weighted by molar-refractivity contribution is 0.0600. The number of benzene rings is 2. The fourth-order valence-corrected chi connectivity index (χ4v) is 4.03. The molecule has 0 radical (unpaired) electrons. The molecule has 0 atom stereocenters. The highest BCUT2D eigenvalue weighted by atomic mass is 32.2. The molecule has 0 aliphatic carbocycles. The van der Waals surface area contributed by atoms with Crippen LogP contribution < -0.4 is 4.74 Å². The normalized spacial score (nSPS) is 11.1. The average molecular weight is 393 g/mol. The number of ether oxygens (including phenoxy) is 2. The van der Waals surface area contributed by atoms with Gasteiger partial charge in [0.1, 0.15) is 5.75 Å². The van der Waals surface area contributed by atoms with Crippen LogP contribution in [0, 0.1) is 6.92 Å². The Labute approximate surface area is 166 Å². The average Bonchev–Trinajstić information content (AvgIpc) is 3.14. The fraction of sp³-hybridized carbons (Fsp3) is 0.190. The molecule has 2 aromatic carbocycles. The van der Waals surface area contributed by atoms with Crippen LogP contribution in [0.3, 0.4) is 0 Å². The number of thioether (sulfide) groups is 1. The van der Waals surface area contributed by atoms with Crippen LogP contribution in [0.5, 0.6) is 5.75 Å². The molecule has 0 aliphatic heterocycles. The van der Waals surface area contributed by atoms with Gasteiger partial charge in [0.2, 0.25) is 0 Å². The van der Waals surface area contributed by atoms with Crippen molar-refractivity contribution in [1.82, 2.24) is 14.6 Å². The molecule has 0 unspecified atom stereocenters. The summed E-state index contributed by atoms with van der Waals surface area (Å²) in [5.74, 6) is 1.17. The molecule has 2 heterocycles. The number of fused-ring (bicyclic) bond motifs is 3. The molecule has 0 bridgehead atoms. The van der Waals surface area contributed by atoms with Gasteiger partial charge in [-0.15, -0.1) is 10.2 Å². The second kappa shape index (κ2) is 7.52. The number of hydrogen-bond acceptors (Lipinski definition) is 6. The molecule has 2 aromatic heterocycles. The Morgan fingerprint density at radius 3 is 2.57 bits per heavy atom. The second-order valence-electron chi connectivity index (χ2n) is 6.36. The summed E-state index contributed by atoms with van der Waals surface area (Å²) >= 11 is 1.60. The molecule has 0 amide bonds. The minimum Gasteiger partial charge on any atom is -0.497 e. The SMILES string of the molecule is COC(=O)c1ccc(CSc2nnc3cc(C)c4ccc(OC)cc4n23)cc1. The lowest BCUT2D eigenvalue weighted by atomic mass is 10.1. The van der Waals surface area contributed by atoms with Crippen LogP contribution in [-0.4, -0.2) is 34.8 Å². The number of aryl methyl sites for hydroxylation is 1. The van der Waals surface area contributed by atoms with Gasteiger partial charge in [0, 0.05) is 17.2 Å². The van der Waals surface area contributed by atoms with Crippen LogP contribution in [-0.2, 0) is 10.5 Å². The number of esters is 1. The van der Waals surface area contributed by atoms with Crippen molar-refractivity contribution in [2.45, 2.75) is 17.8 Å². The van der Waals surface area contributed by atoms with E-state index in [1.54, 1.807) is 31.0 Å². The number of rotatable bonds is 5. The van der Waals surface area contributed by atoms with Gasteiger partial charge in [-0.3, -0.25) is 4.40 Å². The van der Waals surface area contributed by atoms with Crippen molar-refractivity contribution in [1.29, 1.82) is 0 Å². The highest BCUT2D eigenvalue weighted by Crippen LogP contribution is 2.29. The highest BCUT2D eigenvalue weighted by Gasteiger charge is 2.13. The summed E-state index contributed by atoms with van der Waals surface area (Å²) in [5.41, 5.74) is 4.60. The van der Waals surface area contributed by atoms with Crippen LogP contribution in [0.2, 0.25) is 0 Å². The number of methoxy groups -OCH3 is 2. The van der Waals surface area contributed by atoms with Crippen molar-refractivity contribution in [3.05, 3.63) is 65.2 Å². The van der Waals surface area contributed by atoms with E-state index in [-0.39, 0.29) is 5.97 Å². The highest BCUT2D eigenvalue weighted by molar-refractivity contribution is 7.98. The van der Waals surface area contributed by atoms with Crippen molar-refractivity contribution in [3.63, 3.8) is 0 Å². The number of carbonyl (C=O) groups excluding carboxylic acids is 1. The van der Waals surface area contributed by atoms with Crippen LogP contribution in [0.25, 0.3) is 16.6 Å². The summed E-state index contributed by atoms with van der Waals surface area (Å²) in [6, 6.07) is 15.5. The summed E-state index contributed by atoms with van der Waals surface area (Å²) in [6.07, 6.45) is 0. The predicted molar refractivity (Wildman–Crippen MR) is 109 cm³/mol. The zero-order valence-electron chi connectivity index (χ0n) is 15.8. The molecule has 28 heavy (non-hydrogen) atoms. The summed E-state index contributed by atoms with van der Waals surface area (Å²) in [4.78, 5) is 11.6. The molecule has 0 N–H and O–H groups in total. The van der Waals surface area contributed by atoms with Crippen molar-refractivity contribution < 1.29 is 14.3 Å². The fourth-order valence-electron chi connectivity index (χ4n) is 3.13. The summed E-state index contributed by atoms with van der Waals surface area (Å²) in [7, 11) is 3.04. The van der Waals surface area contributed by atoms with Gasteiger partial charge in [-0.05, 0) is 48.4 Å². The Hall–Kier alpha value is -3.06.